The number of fused-ring (bicyclic) bond motifs is 1. The Morgan fingerprint density at radius 3 is 2.14 bits per heavy atom. The predicted octanol–water partition coefficient (Wildman–Crippen LogP) is 6.14. The standard InChI is InChI=1S/C27H37ClN4O3S2/c1-5-7-18-31(19-8-6-2)37(34,35)22-15-13-21(14-16-22)26(33)32(20-10-17-30(3)4)27-29-25-23(28)11-9-12-24(25)36-27/h9,11-16H,5-8,10,17-20H2,1-4H3. The third-order valence-corrected chi connectivity index (χ3v) is 9.34. The van der Waals surface area contributed by atoms with Gasteiger partial charge in [0, 0.05) is 25.2 Å². The van der Waals surface area contributed by atoms with Gasteiger partial charge in [-0.25, -0.2) is 13.4 Å². The molecule has 0 fully saturated rings. The van der Waals surface area contributed by atoms with Gasteiger partial charge in [-0.3, -0.25) is 9.69 Å². The van der Waals surface area contributed by atoms with Gasteiger partial charge in [0.2, 0.25) is 10.0 Å². The molecular weight excluding hydrogens is 528 g/mol. The number of halogens is 1. The zero-order chi connectivity index (χ0) is 27.0. The summed E-state index contributed by atoms with van der Waals surface area (Å²) in [5, 5.41) is 1.12. The van der Waals surface area contributed by atoms with Crippen LogP contribution in [0.2, 0.25) is 5.02 Å². The summed E-state index contributed by atoms with van der Waals surface area (Å²) in [5.41, 5.74) is 1.10. The SMILES string of the molecule is CCCCN(CCCC)S(=O)(=O)c1ccc(C(=O)N(CCCN(C)C)c2nc3c(Cl)cccc3s2)cc1. The molecule has 0 aliphatic heterocycles. The van der Waals surface area contributed by atoms with Crippen molar-refractivity contribution in [3.63, 3.8) is 0 Å². The highest BCUT2D eigenvalue weighted by Crippen LogP contribution is 2.33. The monoisotopic (exact) mass is 564 g/mol. The zero-order valence-corrected chi connectivity index (χ0v) is 24.5. The van der Waals surface area contributed by atoms with Gasteiger partial charge >= 0.3 is 0 Å². The minimum atomic E-state index is -3.63. The average molecular weight is 565 g/mol. The smallest absolute Gasteiger partial charge is 0.260 e. The maximum atomic E-state index is 13.6. The molecule has 3 rings (SSSR count). The molecule has 202 valence electrons. The Morgan fingerprint density at radius 1 is 0.919 bits per heavy atom. The maximum Gasteiger partial charge on any atom is 0.260 e. The molecule has 0 N–H and O–H groups in total. The maximum absolute atomic E-state index is 13.6. The largest absolute Gasteiger partial charge is 0.309 e. The minimum Gasteiger partial charge on any atom is -0.309 e. The number of unbranched alkanes of at least 4 members (excludes halogenated alkanes) is 2. The summed E-state index contributed by atoms with van der Waals surface area (Å²) in [6.07, 6.45) is 4.23. The Labute approximate surface area is 230 Å². The van der Waals surface area contributed by atoms with E-state index in [1.165, 1.54) is 11.3 Å². The van der Waals surface area contributed by atoms with Crippen LogP contribution in [0, 0.1) is 0 Å². The molecule has 7 nitrogen and oxygen atoms in total. The van der Waals surface area contributed by atoms with E-state index in [2.05, 4.69) is 23.7 Å². The molecule has 0 atom stereocenters. The minimum absolute atomic E-state index is 0.210. The van der Waals surface area contributed by atoms with Gasteiger partial charge in [-0.15, -0.1) is 0 Å². The number of hydrogen-bond donors (Lipinski definition) is 0. The van der Waals surface area contributed by atoms with Crippen LogP contribution in [0.3, 0.4) is 0 Å². The fraction of sp³-hybridized carbons (Fsp3) is 0.481. The van der Waals surface area contributed by atoms with Crippen LogP contribution < -0.4 is 4.90 Å². The summed E-state index contributed by atoms with van der Waals surface area (Å²) in [5.74, 6) is -0.216. The Balaban J connectivity index is 1.89. The van der Waals surface area contributed by atoms with Crippen LogP contribution >= 0.6 is 22.9 Å². The number of nitrogens with zero attached hydrogens (tertiary/aromatic N) is 4. The molecule has 1 heterocycles. The van der Waals surface area contributed by atoms with Crippen molar-refractivity contribution >= 4 is 54.2 Å². The van der Waals surface area contributed by atoms with Gasteiger partial charge in [0.15, 0.2) is 5.13 Å². The number of para-hydroxylation sites is 1. The summed E-state index contributed by atoms with van der Waals surface area (Å²) in [7, 11) is 0.358. The molecule has 0 spiro atoms. The van der Waals surface area contributed by atoms with Crippen LogP contribution in [-0.4, -0.2) is 68.8 Å². The number of rotatable bonds is 14. The molecule has 1 aromatic heterocycles. The van der Waals surface area contributed by atoms with E-state index in [0.717, 1.165) is 43.3 Å². The lowest BCUT2D eigenvalue weighted by molar-refractivity contribution is 0.0986. The molecule has 1 amide bonds. The average Bonchev–Trinajstić information content (AvgIpc) is 3.31. The second-order valence-electron chi connectivity index (χ2n) is 9.33. The van der Waals surface area contributed by atoms with Crippen molar-refractivity contribution in [3.05, 3.63) is 53.1 Å². The number of carbonyl (C=O) groups is 1. The van der Waals surface area contributed by atoms with Gasteiger partial charge in [-0.2, -0.15) is 4.31 Å². The molecule has 0 radical (unpaired) electrons. The van der Waals surface area contributed by atoms with Gasteiger partial charge in [-0.1, -0.05) is 55.7 Å². The number of thiazole rings is 1. The van der Waals surface area contributed by atoms with Crippen LogP contribution in [0.5, 0.6) is 0 Å². The highest BCUT2D eigenvalue weighted by molar-refractivity contribution is 7.89. The first-order chi connectivity index (χ1) is 17.7. The van der Waals surface area contributed by atoms with E-state index in [0.29, 0.717) is 40.9 Å². The molecule has 0 saturated heterocycles. The first-order valence-electron chi connectivity index (χ1n) is 12.8. The van der Waals surface area contributed by atoms with Crippen LogP contribution in [0.15, 0.2) is 47.4 Å². The van der Waals surface area contributed by atoms with Crippen molar-refractivity contribution in [2.24, 2.45) is 0 Å². The number of hydrogen-bond acceptors (Lipinski definition) is 6. The molecule has 0 aliphatic carbocycles. The normalized spacial score (nSPS) is 12.1. The number of carbonyl (C=O) groups excluding carboxylic acids is 1. The van der Waals surface area contributed by atoms with Crippen LogP contribution in [0.25, 0.3) is 10.2 Å². The third-order valence-electron chi connectivity index (χ3n) is 6.08. The second-order valence-corrected chi connectivity index (χ2v) is 12.7. The van der Waals surface area contributed by atoms with Gasteiger partial charge in [-0.05, 0) is 76.3 Å². The van der Waals surface area contributed by atoms with E-state index in [4.69, 9.17) is 11.6 Å². The quantitative estimate of drug-likeness (QED) is 0.235. The molecule has 10 heteroatoms. The number of amides is 1. The van der Waals surface area contributed by atoms with Crippen molar-refractivity contribution < 1.29 is 13.2 Å². The molecule has 0 unspecified atom stereocenters. The first-order valence-corrected chi connectivity index (χ1v) is 15.4. The molecule has 37 heavy (non-hydrogen) atoms. The van der Waals surface area contributed by atoms with Crippen molar-refractivity contribution in [2.45, 2.75) is 50.8 Å². The van der Waals surface area contributed by atoms with E-state index >= 15 is 0 Å². The number of aromatic nitrogens is 1. The highest BCUT2D eigenvalue weighted by Gasteiger charge is 2.26. The molecular formula is C27H37ClN4O3S2. The van der Waals surface area contributed by atoms with Crippen LogP contribution in [-0.2, 0) is 10.0 Å². The molecule has 0 bridgehead atoms. The van der Waals surface area contributed by atoms with Crippen LogP contribution in [0.4, 0.5) is 5.13 Å². The molecule has 0 aliphatic rings. The van der Waals surface area contributed by atoms with E-state index in [1.807, 2.05) is 26.2 Å². The predicted molar refractivity (Wildman–Crippen MR) is 154 cm³/mol. The zero-order valence-electron chi connectivity index (χ0n) is 22.1. The van der Waals surface area contributed by atoms with Gasteiger partial charge < -0.3 is 4.90 Å². The topological polar surface area (TPSA) is 73.8 Å². The molecule has 2 aromatic carbocycles. The Bertz CT molecular complexity index is 1270. The first kappa shape index (κ1) is 29.5. The van der Waals surface area contributed by atoms with Crippen molar-refractivity contribution in [3.8, 4) is 0 Å². The van der Waals surface area contributed by atoms with Crippen molar-refractivity contribution in [1.82, 2.24) is 14.2 Å². The lowest BCUT2D eigenvalue weighted by Gasteiger charge is -2.23. The van der Waals surface area contributed by atoms with E-state index in [-0.39, 0.29) is 10.8 Å². The molecule has 3 aromatic rings. The summed E-state index contributed by atoms with van der Waals surface area (Å²) in [4.78, 5) is 22.3. The van der Waals surface area contributed by atoms with E-state index < -0.39 is 10.0 Å². The number of sulfonamides is 1. The van der Waals surface area contributed by atoms with E-state index in [9.17, 15) is 13.2 Å². The number of anilines is 1. The second kappa shape index (κ2) is 13.7. The van der Waals surface area contributed by atoms with Crippen molar-refractivity contribution in [2.75, 3.05) is 45.2 Å². The lowest BCUT2D eigenvalue weighted by atomic mass is 10.2. The van der Waals surface area contributed by atoms with Gasteiger partial charge in [0.1, 0.15) is 5.52 Å². The fourth-order valence-electron chi connectivity index (χ4n) is 3.94. The fourth-order valence-corrected chi connectivity index (χ4v) is 6.75. The summed E-state index contributed by atoms with van der Waals surface area (Å²) in [6, 6.07) is 11.9. The third kappa shape index (κ3) is 7.51. The van der Waals surface area contributed by atoms with Crippen LogP contribution in [0.1, 0.15) is 56.3 Å². The highest BCUT2D eigenvalue weighted by atomic mass is 35.5. The Hall–Kier alpha value is -2.04. The summed E-state index contributed by atoms with van der Waals surface area (Å²) < 4.78 is 29.1. The van der Waals surface area contributed by atoms with E-state index in [1.54, 1.807) is 39.5 Å². The Morgan fingerprint density at radius 2 is 1.57 bits per heavy atom. The number of benzene rings is 2. The van der Waals surface area contributed by atoms with Gasteiger partial charge in [0.05, 0.1) is 14.6 Å². The summed E-state index contributed by atoms with van der Waals surface area (Å²) in [6.45, 7) is 6.40. The lowest BCUT2D eigenvalue weighted by Crippen LogP contribution is -2.34. The molecule has 0 saturated carbocycles. The van der Waals surface area contributed by atoms with Crippen molar-refractivity contribution in [1.29, 1.82) is 0 Å². The van der Waals surface area contributed by atoms with Gasteiger partial charge in [0.25, 0.3) is 5.91 Å². The Kier molecular flexibility index (Phi) is 10.9. The summed E-state index contributed by atoms with van der Waals surface area (Å²) >= 11 is 7.76.